The molecule has 1 aliphatic rings. The summed E-state index contributed by atoms with van der Waals surface area (Å²) in [6, 6.07) is -0.676. The number of ether oxygens (including phenoxy) is 1. The molecule has 1 fully saturated rings. The zero-order valence-corrected chi connectivity index (χ0v) is 10.8. The van der Waals surface area contributed by atoms with E-state index in [4.69, 9.17) is 9.84 Å². The fourth-order valence-electron chi connectivity index (χ4n) is 2.06. The molecule has 0 aromatic heterocycles. The van der Waals surface area contributed by atoms with Crippen LogP contribution in [0.1, 0.15) is 40.0 Å². The largest absolute Gasteiger partial charge is 0.480 e. The summed E-state index contributed by atoms with van der Waals surface area (Å²) < 4.78 is 5.43. The Hall–Kier alpha value is -0.650. The van der Waals surface area contributed by atoms with Crippen molar-refractivity contribution in [3.05, 3.63) is 0 Å². The summed E-state index contributed by atoms with van der Waals surface area (Å²) >= 11 is 0. The zero-order chi connectivity index (χ0) is 13.1. The molecule has 17 heavy (non-hydrogen) atoms. The number of nitrogens with one attached hydrogen (secondary N) is 1. The average Bonchev–Trinajstić information content (AvgIpc) is 2.18. The lowest BCUT2D eigenvalue weighted by molar-refractivity contribution is -0.161. The molecule has 1 aliphatic heterocycles. The lowest BCUT2D eigenvalue weighted by Crippen LogP contribution is -2.57. The SMILES string of the molecule is CC(C)C[C@@H](N[C@@H]1OCCC[C@]1(C)O)C(=O)O. The van der Waals surface area contributed by atoms with E-state index in [0.29, 0.717) is 19.4 Å². The predicted molar refractivity (Wildman–Crippen MR) is 63.6 cm³/mol. The third-order valence-corrected chi connectivity index (χ3v) is 3.03. The van der Waals surface area contributed by atoms with E-state index in [1.54, 1.807) is 6.92 Å². The van der Waals surface area contributed by atoms with Crippen molar-refractivity contribution >= 4 is 5.97 Å². The van der Waals surface area contributed by atoms with Gasteiger partial charge in [0.1, 0.15) is 17.9 Å². The van der Waals surface area contributed by atoms with Crippen LogP contribution in [0.15, 0.2) is 0 Å². The Morgan fingerprint density at radius 1 is 1.59 bits per heavy atom. The van der Waals surface area contributed by atoms with Gasteiger partial charge < -0.3 is 14.9 Å². The molecule has 0 spiro atoms. The standard InChI is InChI=1S/C12H23NO4/c1-8(2)7-9(10(14)15)13-11-12(3,16)5-4-6-17-11/h8-9,11,13,16H,4-7H2,1-3H3,(H,14,15)/t9-,11-,12+/m1/s1. The van der Waals surface area contributed by atoms with Gasteiger partial charge in [-0.1, -0.05) is 13.8 Å². The van der Waals surface area contributed by atoms with Crippen molar-refractivity contribution in [1.29, 1.82) is 0 Å². The number of carbonyl (C=O) groups is 1. The summed E-state index contributed by atoms with van der Waals surface area (Å²) in [5, 5.41) is 22.1. The van der Waals surface area contributed by atoms with Crippen LogP contribution in [-0.4, -0.2) is 40.7 Å². The molecule has 0 aromatic rings. The normalized spacial score (nSPS) is 31.5. The highest BCUT2D eigenvalue weighted by atomic mass is 16.5. The molecule has 0 radical (unpaired) electrons. The molecule has 3 N–H and O–H groups in total. The number of carboxylic acids is 1. The van der Waals surface area contributed by atoms with Crippen LogP contribution >= 0.6 is 0 Å². The van der Waals surface area contributed by atoms with Crippen LogP contribution in [0, 0.1) is 5.92 Å². The minimum absolute atomic E-state index is 0.275. The Morgan fingerprint density at radius 3 is 2.71 bits per heavy atom. The number of aliphatic hydroxyl groups is 1. The van der Waals surface area contributed by atoms with Crippen LogP contribution in [0.25, 0.3) is 0 Å². The predicted octanol–water partition coefficient (Wildman–Crippen LogP) is 0.963. The van der Waals surface area contributed by atoms with Crippen molar-refractivity contribution in [3.8, 4) is 0 Å². The molecule has 5 heteroatoms. The van der Waals surface area contributed by atoms with Gasteiger partial charge in [0.15, 0.2) is 0 Å². The molecule has 1 rings (SSSR count). The molecular formula is C12H23NO4. The Labute approximate surface area is 102 Å². The monoisotopic (exact) mass is 245 g/mol. The second-order valence-corrected chi connectivity index (χ2v) is 5.40. The summed E-state index contributed by atoms with van der Waals surface area (Å²) in [5.74, 6) is -0.624. The van der Waals surface area contributed by atoms with Gasteiger partial charge >= 0.3 is 5.97 Å². The number of carboxylic acid groups (broad SMARTS) is 1. The highest BCUT2D eigenvalue weighted by molar-refractivity contribution is 5.73. The Bertz CT molecular complexity index is 265. The van der Waals surface area contributed by atoms with Gasteiger partial charge in [-0.15, -0.1) is 0 Å². The first-order valence-electron chi connectivity index (χ1n) is 6.16. The number of aliphatic carboxylic acids is 1. The summed E-state index contributed by atoms with van der Waals surface area (Å²) in [7, 11) is 0. The summed E-state index contributed by atoms with van der Waals surface area (Å²) in [4.78, 5) is 11.1. The van der Waals surface area contributed by atoms with E-state index in [9.17, 15) is 9.90 Å². The molecule has 0 aliphatic carbocycles. The smallest absolute Gasteiger partial charge is 0.320 e. The van der Waals surface area contributed by atoms with Gasteiger partial charge in [-0.25, -0.2) is 0 Å². The molecule has 1 saturated heterocycles. The van der Waals surface area contributed by atoms with Crippen LogP contribution in [0.5, 0.6) is 0 Å². The quantitative estimate of drug-likeness (QED) is 0.672. The second kappa shape index (κ2) is 5.80. The lowest BCUT2D eigenvalue weighted by atomic mass is 9.94. The van der Waals surface area contributed by atoms with Crippen molar-refractivity contribution in [2.24, 2.45) is 5.92 Å². The maximum Gasteiger partial charge on any atom is 0.320 e. The first-order chi connectivity index (χ1) is 7.83. The minimum atomic E-state index is -0.997. The highest BCUT2D eigenvalue weighted by Crippen LogP contribution is 2.24. The Kier molecular flexibility index (Phi) is 4.91. The Balaban J connectivity index is 2.62. The number of rotatable bonds is 5. The van der Waals surface area contributed by atoms with E-state index in [1.165, 1.54) is 0 Å². The van der Waals surface area contributed by atoms with Gasteiger partial charge in [0, 0.05) is 6.61 Å². The molecule has 0 amide bonds. The zero-order valence-electron chi connectivity index (χ0n) is 10.8. The highest BCUT2D eigenvalue weighted by Gasteiger charge is 2.38. The van der Waals surface area contributed by atoms with Crippen molar-refractivity contribution in [2.75, 3.05) is 6.61 Å². The van der Waals surface area contributed by atoms with E-state index >= 15 is 0 Å². The van der Waals surface area contributed by atoms with Gasteiger partial charge in [-0.05, 0) is 32.1 Å². The van der Waals surface area contributed by atoms with Gasteiger partial charge in [0.25, 0.3) is 0 Å². The average molecular weight is 245 g/mol. The van der Waals surface area contributed by atoms with Crippen LogP contribution in [-0.2, 0) is 9.53 Å². The van der Waals surface area contributed by atoms with Crippen LogP contribution in [0.4, 0.5) is 0 Å². The van der Waals surface area contributed by atoms with E-state index in [1.807, 2.05) is 13.8 Å². The van der Waals surface area contributed by atoms with Crippen molar-refractivity contribution in [1.82, 2.24) is 5.32 Å². The van der Waals surface area contributed by atoms with Crippen LogP contribution < -0.4 is 5.32 Å². The van der Waals surface area contributed by atoms with Gasteiger partial charge in [-0.3, -0.25) is 10.1 Å². The molecule has 0 saturated carbocycles. The fourth-order valence-corrected chi connectivity index (χ4v) is 2.06. The lowest BCUT2D eigenvalue weighted by Gasteiger charge is -2.38. The summed E-state index contributed by atoms with van der Waals surface area (Å²) in [6.45, 7) is 6.18. The first-order valence-corrected chi connectivity index (χ1v) is 6.16. The molecule has 0 unspecified atom stereocenters. The van der Waals surface area contributed by atoms with Gasteiger partial charge in [0.05, 0.1) is 0 Å². The topological polar surface area (TPSA) is 78.8 Å². The second-order valence-electron chi connectivity index (χ2n) is 5.40. The first kappa shape index (κ1) is 14.4. The third-order valence-electron chi connectivity index (χ3n) is 3.03. The van der Waals surface area contributed by atoms with Crippen LogP contribution in [0.3, 0.4) is 0 Å². The van der Waals surface area contributed by atoms with Gasteiger partial charge in [-0.2, -0.15) is 0 Å². The molecule has 0 aromatic carbocycles. The molecule has 5 nitrogen and oxygen atoms in total. The van der Waals surface area contributed by atoms with E-state index in [0.717, 1.165) is 6.42 Å². The molecule has 1 heterocycles. The maximum absolute atomic E-state index is 11.1. The van der Waals surface area contributed by atoms with E-state index < -0.39 is 23.8 Å². The minimum Gasteiger partial charge on any atom is -0.480 e. The van der Waals surface area contributed by atoms with Crippen molar-refractivity contribution in [2.45, 2.75) is 57.9 Å². The Morgan fingerprint density at radius 2 is 2.24 bits per heavy atom. The van der Waals surface area contributed by atoms with Crippen molar-refractivity contribution < 1.29 is 19.7 Å². The van der Waals surface area contributed by atoms with E-state index in [2.05, 4.69) is 5.32 Å². The fraction of sp³-hybridized carbons (Fsp3) is 0.917. The van der Waals surface area contributed by atoms with Crippen molar-refractivity contribution in [3.63, 3.8) is 0 Å². The molecule has 0 bridgehead atoms. The molecular weight excluding hydrogens is 222 g/mol. The van der Waals surface area contributed by atoms with E-state index in [-0.39, 0.29) is 5.92 Å². The van der Waals surface area contributed by atoms with Crippen LogP contribution in [0.2, 0.25) is 0 Å². The van der Waals surface area contributed by atoms with Gasteiger partial charge in [0.2, 0.25) is 0 Å². The molecule has 100 valence electrons. The summed E-state index contributed by atoms with van der Waals surface area (Å²) in [6.07, 6.45) is 1.34. The maximum atomic E-state index is 11.1. The number of hydrogen-bond acceptors (Lipinski definition) is 4. The molecule has 3 atom stereocenters. The third kappa shape index (κ3) is 4.26. The summed E-state index contributed by atoms with van der Waals surface area (Å²) in [5.41, 5.74) is -0.997. The number of hydrogen-bond donors (Lipinski definition) is 3.